The maximum atomic E-state index is 6.05. The van der Waals surface area contributed by atoms with Crippen molar-refractivity contribution in [2.45, 2.75) is 6.42 Å². The molecule has 0 spiro atoms. The van der Waals surface area contributed by atoms with E-state index in [1.165, 1.54) is 0 Å². The summed E-state index contributed by atoms with van der Waals surface area (Å²) in [6, 6.07) is 13.1. The van der Waals surface area contributed by atoms with Crippen LogP contribution < -0.4 is 10.6 Å². The molecule has 7 heteroatoms. The number of methoxy groups -OCH3 is 1. The second-order valence-corrected chi connectivity index (χ2v) is 6.34. The smallest absolute Gasteiger partial charge is 0.229 e. The molecule has 0 unspecified atom stereocenters. The lowest BCUT2D eigenvalue weighted by atomic mass is 10.2. The monoisotopic (exact) mass is 376 g/mol. The zero-order valence-electron chi connectivity index (χ0n) is 13.7. The van der Waals surface area contributed by atoms with E-state index in [9.17, 15) is 0 Å². The van der Waals surface area contributed by atoms with Crippen molar-refractivity contribution in [2.75, 3.05) is 30.9 Å². The van der Waals surface area contributed by atoms with Crippen LogP contribution in [0.5, 0.6) is 0 Å². The van der Waals surface area contributed by atoms with E-state index in [0.717, 1.165) is 35.4 Å². The van der Waals surface area contributed by atoms with Gasteiger partial charge < -0.3 is 15.4 Å². The molecule has 130 valence electrons. The third kappa shape index (κ3) is 4.72. The molecule has 3 aromatic rings. The molecule has 2 N–H and O–H groups in total. The standard InChI is InChI=1S/C18H18Cl2N4O/c1-25-8-4-7-21-17-15-5-2-3-6-16(15)23-18(24-17)22-14-10-12(19)9-13(20)11-14/h2-3,5-6,9-11H,4,7-8H2,1H3,(H2,21,22,23,24). The van der Waals surface area contributed by atoms with Crippen LogP contribution >= 0.6 is 23.2 Å². The molecule has 0 saturated heterocycles. The zero-order valence-corrected chi connectivity index (χ0v) is 15.2. The Hall–Kier alpha value is -2.08. The second kappa shape index (κ2) is 8.34. The first-order valence-corrected chi connectivity index (χ1v) is 8.64. The Balaban J connectivity index is 1.89. The summed E-state index contributed by atoms with van der Waals surface area (Å²) < 4.78 is 5.08. The zero-order chi connectivity index (χ0) is 17.6. The molecule has 0 aliphatic carbocycles. The Bertz CT molecular complexity index is 853. The van der Waals surface area contributed by atoms with Gasteiger partial charge in [-0.05, 0) is 36.8 Å². The average molecular weight is 377 g/mol. The Morgan fingerprint density at radius 2 is 1.80 bits per heavy atom. The second-order valence-electron chi connectivity index (χ2n) is 5.47. The van der Waals surface area contributed by atoms with Gasteiger partial charge in [-0.25, -0.2) is 4.98 Å². The topological polar surface area (TPSA) is 59.1 Å². The van der Waals surface area contributed by atoms with E-state index in [1.807, 2.05) is 24.3 Å². The van der Waals surface area contributed by atoms with Crippen LogP contribution in [0.3, 0.4) is 0 Å². The number of halogens is 2. The fraction of sp³-hybridized carbons (Fsp3) is 0.222. The summed E-state index contributed by atoms with van der Waals surface area (Å²) in [4.78, 5) is 9.15. The summed E-state index contributed by atoms with van der Waals surface area (Å²) in [5.74, 6) is 1.25. The molecule has 5 nitrogen and oxygen atoms in total. The quantitative estimate of drug-likeness (QED) is 0.559. The highest BCUT2D eigenvalue weighted by molar-refractivity contribution is 6.35. The van der Waals surface area contributed by atoms with Crippen LogP contribution in [0.4, 0.5) is 17.5 Å². The SMILES string of the molecule is COCCCNc1nc(Nc2cc(Cl)cc(Cl)c2)nc2ccccc12. The van der Waals surface area contributed by atoms with E-state index in [4.69, 9.17) is 27.9 Å². The number of hydrogen-bond donors (Lipinski definition) is 2. The van der Waals surface area contributed by atoms with Gasteiger partial charge in [-0.15, -0.1) is 0 Å². The molecule has 0 atom stereocenters. The van der Waals surface area contributed by atoms with Gasteiger partial charge in [0, 0.05) is 41.4 Å². The van der Waals surface area contributed by atoms with Crippen LogP contribution in [0.2, 0.25) is 10.0 Å². The molecule has 0 fully saturated rings. The van der Waals surface area contributed by atoms with Crippen molar-refractivity contribution in [2.24, 2.45) is 0 Å². The third-order valence-corrected chi connectivity index (χ3v) is 3.98. The normalized spacial score (nSPS) is 10.8. The number of anilines is 3. The largest absolute Gasteiger partial charge is 0.385 e. The van der Waals surface area contributed by atoms with Crippen LogP contribution in [0.15, 0.2) is 42.5 Å². The Kier molecular flexibility index (Phi) is 5.91. The van der Waals surface area contributed by atoms with Crippen molar-refractivity contribution < 1.29 is 4.74 Å². The first-order chi connectivity index (χ1) is 12.2. The molecule has 25 heavy (non-hydrogen) atoms. The van der Waals surface area contributed by atoms with Crippen LogP contribution in [0, 0.1) is 0 Å². The lowest BCUT2D eigenvalue weighted by molar-refractivity contribution is 0.198. The number of benzene rings is 2. The van der Waals surface area contributed by atoms with Gasteiger partial charge in [-0.2, -0.15) is 4.98 Å². The van der Waals surface area contributed by atoms with Crippen molar-refractivity contribution >= 4 is 51.6 Å². The van der Waals surface area contributed by atoms with E-state index < -0.39 is 0 Å². The van der Waals surface area contributed by atoms with Gasteiger partial charge >= 0.3 is 0 Å². The molecule has 0 saturated carbocycles. The van der Waals surface area contributed by atoms with Crippen molar-refractivity contribution in [3.05, 3.63) is 52.5 Å². The third-order valence-electron chi connectivity index (χ3n) is 3.54. The molecule has 0 amide bonds. The van der Waals surface area contributed by atoms with E-state index in [0.29, 0.717) is 22.6 Å². The summed E-state index contributed by atoms with van der Waals surface area (Å²) in [6.45, 7) is 1.46. The Morgan fingerprint density at radius 3 is 2.56 bits per heavy atom. The van der Waals surface area contributed by atoms with Crippen LogP contribution in [-0.2, 0) is 4.74 Å². The Morgan fingerprint density at radius 1 is 1.04 bits per heavy atom. The van der Waals surface area contributed by atoms with Gasteiger partial charge in [0.15, 0.2) is 0 Å². The minimum absolute atomic E-state index is 0.478. The Labute approximate surface area is 156 Å². The predicted molar refractivity (Wildman–Crippen MR) is 104 cm³/mol. The number of ether oxygens (including phenoxy) is 1. The van der Waals surface area contributed by atoms with Gasteiger partial charge in [0.1, 0.15) is 5.82 Å². The van der Waals surface area contributed by atoms with Crippen LogP contribution in [0.1, 0.15) is 6.42 Å². The lowest BCUT2D eigenvalue weighted by Gasteiger charge is -2.12. The molecular formula is C18H18Cl2N4O. The summed E-state index contributed by atoms with van der Waals surface area (Å²) in [5.41, 5.74) is 1.58. The van der Waals surface area contributed by atoms with Crippen molar-refractivity contribution in [3.63, 3.8) is 0 Å². The summed E-state index contributed by atoms with van der Waals surface area (Å²) in [5, 5.41) is 8.58. The lowest BCUT2D eigenvalue weighted by Crippen LogP contribution is -2.08. The van der Waals surface area contributed by atoms with Crippen molar-refractivity contribution in [1.82, 2.24) is 9.97 Å². The van der Waals surface area contributed by atoms with Gasteiger partial charge in [-0.1, -0.05) is 35.3 Å². The number of rotatable bonds is 7. The number of nitrogens with one attached hydrogen (secondary N) is 2. The van der Waals surface area contributed by atoms with E-state index in [2.05, 4.69) is 20.6 Å². The number of para-hydroxylation sites is 1. The first kappa shape index (κ1) is 17.7. The fourth-order valence-electron chi connectivity index (χ4n) is 2.45. The number of hydrogen-bond acceptors (Lipinski definition) is 5. The average Bonchev–Trinajstić information content (AvgIpc) is 2.57. The number of aromatic nitrogens is 2. The van der Waals surface area contributed by atoms with Crippen LogP contribution in [0.25, 0.3) is 10.9 Å². The molecule has 0 radical (unpaired) electrons. The molecule has 0 aliphatic heterocycles. The van der Waals surface area contributed by atoms with Gasteiger partial charge in [0.2, 0.25) is 5.95 Å². The van der Waals surface area contributed by atoms with E-state index >= 15 is 0 Å². The van der Waals surface area contributed by atoms with E-state index in [-0.39, 0.29) is 0 Å². The van der Waals surface area contributed by atoms with Gasteiger partial charge in [0.25, 0.3) is 0 Å². The molecular weight excluding hydrogens is 359 g/mol. The predicted octanol–water partition coefficient (Wildman–Crippen LogP) is 5.13. The maximum absolute atomic E-state index is 6.05. The van der Waals surface area contributed by atoms with Crippen molar-refractivity contribution in [1.29, 1.82) is 0 Å². The van der Waals surface area contributed by atoms with E-state index in [1.54, 1.807) is 25.3 Å². The summed E-state index contributed by atoms with van der Waals surface area (Å²) >= 11 is 12.1. The molecule has 3 rings (SSSR count). The molecule has 0 bridgehead atoms. The summed E-state index contributed by atoms with van der Waals surface area (Å²) in [6.07, 6.45) is 0.890. The van der Waals surface area contributed by atoms with Crippen molar-refractivity contribution in [3.8, 4) is 0 Å². The van der Waals surface area contributed by atoms with Gasteiger partial charge in [0.05, 0.1) is 5.52 Å². The number of fused-ring (bicyclic) bond motifs is 1. The minimum atomic E-state index is 0.478. The number of nitrogens with zero attached hydrogens (tertiary/aromatic N) is 2. The maximum Gasteiger partial charge on any atom is 0.229 e. The van der Waals surface area contributed by atoms with Crippen LogP contribution in [-0.4, -0.2) is 30.2 Å². The molecule has 1 heterocycles. The highest BCUT2D eigenvalue weighted by Gasteiger charge is 2.08. The highest BCUT2D eigenvalue weighted by atomic mass is 35.5. The fourth-order valence-corrected chi connectivity index (χ4v) is 2.97. The molecule has 2 aromatic carbocycles. The van der Waals surface area contributed by atoms with Gasteiger partial charge in [-0.3, -0.25) is 0 Å². The summed E-state index contributed by atoms with van der Waals surface area (Å²) in [7, 11) is 1.69. The minimum Gasteiger partial charge on any atom is -0.385 e. The molecule has 0 aliphatic rings. The first-order valence-electron chi connectivity index (χ1n) is 7.88. The highest BCUT2D eigenvalue weighted by Crippen LogP contribution is 2.27. The molecule has 1 aromatic heterocycles.